The maximum Gasteiger partial charge on any atom is 0.316 e. The molecule has 1 saturated carbocycles. The molecule has 0 aromatic heterocycles. The molecule has 1 aliphatic carbocycles. The van der Waals surface area contributed by atoms with Crippen LogP contribution in [0.3, 0.4) is 0 Å². The fraction of sp³-hybridized carbons (Fsp3) is 0.581. The molecule has 0 spiro atoms. The van der Waals surface area contributed by atoms with Crippen LogP contribution in [0, 0.1) is 11.6 Å². The highest BCUT2D eigenvalue weighted by Gasteiger charge is 2.60. The Morgan fingerprint density at radius 2 is 1.74 bits per heavy atom. The maximum atomic E-state index is 15.7. The first-order chi connectivity index (χ1) is 19.6. The molecule has 2 unspecified atom stereocenters. The van der Waals surface area contributed by atoms with Crippen molar-refractivity contribution in [2.24, 2.45) is 0 Å². The molecule has 2 fully saturated rings. The fourth-order valence-corrected chi connectivity index (χ4v) is 9.13. The molecule has 2 atom stereocenters. The zero-order chi connectivity index (χ0) is 30.9. The van der Waals surface area contributed by atoms with Crippen molar-refractivity contribution in [1.29, 1.82) is 0 Å². The topological polar surface area (TPSA) is 82.1 Å². The molecule has 232 valence electrons. The third-order valence-electron chi connectivity index (χ3n) is 8.59. The van der Waals surface area contributed by atoms with Gasteiger partial charge < -0.3 is 14.2 Å². The van der Waals surface area contributed by atoms with E-state index in [1.807, 2.05) is 13.0 Å². The van der Waals surface area contributed by atoms with E-state index in [4.69, 9.17) is 14.2 Å². The van der Waals surface area contributed by atoms with Crippen molar-refractivity contribution >= 4 is 24.1 Å². The first-order valence-electron chi connectivity index (χ1n) is 14.5. The van der Waals surface area contributed by atoms with Crippen molar-refractivity contribution in [3.8, 4) is 0 Å². The zero-order valence-electron chi connectivity index (χ0n) is 25.4. The van der Waals surface area contributed by atoms with Crippen LogP contribution in [0.15, 0.2) is 42.5 Å². The van der Waals surface area contributed by atoms with Crippen molar-refractivity contribution in [2.45, 2.75) is 94.1 Å². The van der Waals surface area contributed by atoms with Crippen LogP contribution in [0.5, 0.6) is 0 Å². The summed E-state index contributed by atoms with van der Waals surface area (Å²) in [6.07, 6.45) is 1.23. The SMILES string of the molecule is COC(=O)C1(c2cc(F)c(CN3C(C)CCC(c4ccccc4)S3(=O)=O)cc2F)CC(C)(OCOCC[Si](C)(C)C)C1. The van der Waals surface area contributed by atoms with Gasteiger partial charge in [0.25, 0.3) is 0 Å². The van der Waals surface area contributed by atoms with Gasteiger partial charge in [0.2, 0.25) is 10.0 Å². The third kappa shape index (κ3) is 6.80. The minimum atomic E-state index is -3.84. The molecule has 7 nitrogen and oxygen atoms in total. The number of esters is 1. The highest BCUT2D eigenvalue weighted by molar-refractivity contribution is 7.89. The lowest BCUT2D eigenvalue weighted by Crippen LogP contribution is -2.59. The summed E-state index contributed by atoms with van der Waals surface area (Å²) in [6.45, 7) is 10.6. The Labute approximate surface area is 249 Å². The summed E-state index contributed by atoms with van der Waals surface area (Å²) in [5.74, 6) is -2.23. The van der Waals surface area contributed by atoms with Crippen LogP contribution < -0.4 is 0 Å². The van der Waals surface area contributed by atoms with Crippen molar-refractivity contribution in [1.82, 2.24) is 4.31 Å². The van der Waals surface area contributed by atoms with E-state index >= 15 is 8.78 Å². The minimum Gasteiger partial charge on any atom is -0.468 e. The minimum absolute atomic E-state index is 0.0421. The molecule has 0 amide bonds. The van der Waals surface area contributed by atoms with Gasteiger partial charge in [-0.05, 0) is 63.3 Å². The van der Waals surface area contributed by atoms with E-state index in [1.54, 1.807) is 31.2 Å². The van der Waals surface area contributed by atoms with Crippen LogP contribution in [0.2, 0.25) is 25.7 Å². The van der Waals surface area contributed by atoms with Gasteiger partial charge in [0, 0.05) is 38.4 Å². The van der Waals surface area contributed by atoms with E-state index in [0.717, 1.165) is 18.2 Å². The number of ether oxygens (including phenoxy) is 3. The third-order valence-corrected chi connectivity index (χ3v) is 12.7. The lowest BCUT2D eigenvalue weighted by atomic mass is 9.56. The van der Waals surface area contributed by atoms with Gasteiger partial charge in [-0.3, -0.25) is 4.79 Å². The van der Waals surface area contributed by atoms with Gasteiger partial charge in [-0.2, -0.15) is 4.31 Å². The molecule has 0 radical (unpaired) electrons. The summed E-state index contributed by atoms with van der Waals surface area (Å²) in [5, 5.41) is -0.753. The molecule has 11 heteroatoms. The summed E-state index contributed by atoms with van der Waals surface area (Å²) < 4.78 is 76.4. The quantitative estimate of drug-likeness (QED) is 0.126. The second kappa shape index (κ2) is 12.4. The Hall–Kier alpha value is -2.18. The summed E-state index contributed by atoms with van der Waals surface area (Å²) in [6, 6.07) is 11.6. The number of hydrogen-bond acceptors (Lipinski definition) is 6. The van der Waals surface area contributed by atoms with E-state index in [2.05, 4.69) is 19.6 Å². The second-order valence-electron chi connectivity index (χ2n) is 13.2. The Morgan fingerprint density at radius 1 is 1.07 bits per heavy atom. The van der Waals surface area contributed by atoms with Crippen LogP contribution in [0.25, 0.3) is 0 Å². The highest BCUT2D eigenvalue weighted by Crippen LogP contribution is 2.54. The Kier molecular flexibility index (Phi) is 9.69. The van der Waals surface area contributed by atoms with E-state index in [1.165, 1.54) is 11.4 Å². The number of halogens is 2. The summed E-state index contributed by atoms with van der Waals surface area (Å²) in [5.41, 5.74) is -1.73. The fourth-order valence-electron chi connectivity index (χ4n) is 6.18. The zero-order valence-corrected chi connectivity index (χ0v) is 27.2. The molecule has 0 N–H and O–H groups in total. The molecular weight excluding hydrogens is 580 g/mol. The smallest absolute Gasteiger partial charge is 0.316 e. The lowest BCUT2D eigenvalue weighted by molar-refractivity contribution is -0.201. The number of rotatable bonds is 11. The summed E-state index contributed by atoms with van der Waals surface area (Å²) in [7, 11) is -3.87. The van der Waals surface area contributed by atoms with E-state index < -0.39 is 52.0 Å². The molecule has 2 aromatic carbocycles. The first kappa shape index (κ1) is 32.7. The molecule has 2 aromatic rings. The van der Waals surface area contributed by atoms with Gasteiger partial charge >= 0.3 is 5.97 Å². The molecule has 2 aliphatic rings. The summed E-state index contributed by atoms with van der Waals surface area (Å²) >= 11 is 0. The molecular formula is C31H43F2NO6SSi. The van der Waals surface area contributed by atoms with E-state index in [0.29, 0.717) is 25.0 Å². The molecule has 0 bridgehead atoms. The number of hydrogen-bond donors (Lipinski definition) is 0. The largest absolute Gasteiger partial charge is 0.468 e. The van der Waals surface area contributed by atoms with Crippen LogP contribution in [-0.2, 0) is 41.0 Å². The number of benzene rings is 2. The molecule has 4 rings (SSSR count). The van der Waals surface area contributed by atoms with E-state index in [-0.39, 0.29) is 43.3 Å². The van der Waals surface area contributed by atoms with Crippen LogP contribution in [0.4, 0.5) is 8.78 Å². The monoisotopic (exact) mass is 623 g/mol. The van der Waals surface area contributed by atoms with Gasteiger partial charge in [0.15, 0.2) is 0 Å². The van der Waals surface area contributed by atoms with Gasteiger partial charge in [0.1, 0.15) is 29.1 Å². The Balaban J connectivity index is 1.53. The Bertz CT molecular complexity index is 1380. The average molecular weight is 624 g/mol. The predicted octanol–water partition coefficient (Wildman–Crippen LogP) is 6.31. The maximum absolute atomic E-state index is 15.7. The normalized spacial score (nSPS) is 27.8. The van der Waals surface area contributed by atoms with Crippen molar-refractivity contribution in [2.75, 3.05) is 20.5 Å². The number of methoxy groups -OCH3 is 1. The molecule has 1 heterocycles. The van der Waals surface area contributed by atoms with E-state index in [9.17, 15) is 13.2 Å². The number of carbonyl (C=O) groups is 1. The second-order valence-corrected chi connectivity index (χ2v) is 20.9. The van der Waals surface area contributed by atoms with Crippen molar-refractivity contribution in [3.63, 3.8) is 0 Å². The van der Waals surface area contributed by atoms with Gasteiger partial charge in [-0.25, -0.2) is 17.2 Å². The van der Waals surface area contributed by atoms with Crippen molar-refractivity contribution < 1.29 is 36.2 Å². The standard InChI is InChI=1S/C31H43F2NO6SSi/c1-22-12-13-28(23-10-8-7-9-11-23)41(36,37)34(22)18-24-16-27(33)25(17-26(24)32)31(29(35)38-3)19-30(2,20-31)40-21-39-14-15-42(4,5)6/h7-11,16-17,22,28H,12-15,18-21H2,1-6H3. The van der Waals surface area contributed by atoms with Gasteiger partial charge in [-0.15, -0.1) is 0 Å². The van der Waals surface area contributed by atoms with Crippen LogP contribution >= 0.6 is 0 Å². The molecule has 1 saturated heterocycles. The Morgan fingerprint density at radius 3 is 2.36 bits per heavy atom. The molecule has 1 aliphatic heterocycles. The number of carbonyl (C=O) groups excluding carboxylic acids is 1. The predicted molar refractivity (Wildman–Crippen MR) is 160 cm³/mol. The number of sulfonamides is 1. The van der Waals surface area contributed by atoms with Gasteiger partial charge in [0.05, 0.1) is 12.7 Å². The first-order valence-corrected chi connectivity index (χ1v) is 19.7. The van der Waals surface area contributed by atoms with Crippen LogP contribution in [0.1, 0.15) is 61.5 Å². The number of nitrogens with zero attached hydrogens (tertiary/aromatic N) is 1. The average Bonchev–Trinajstić information content (AvgIpc) is 2.90. The van der Waals surface area contributed by atoms with Crippen molar-refractivity contribution in [3.05, 3.63) is 70.8 Å². The highest BCUT2D eigenvalue weighted by atomic mass is 32.2. The molecule has 42 heavy (non-hydrogen) atoms. The lowest BCUT2D eigenvalue weighted by Gasteiger charge is -2.52. The summed E-state index contributed by atoms with van der Waals surface area (Å²) in [4.78, 5) is 13.0. The van der Waals surface area contributed by atoms with Gasteiger partial charge in [-0.1, -0.05) is 50.0 Å². The van der Waals surface area contributed by atoms with Crippen LogP contribution in [-0.4, -0.2) is 58.9 Å².